The second-order valence-corrected chi connectivity index (χ2v) is 5.63. The molecule has 2 heteroatoms. The van der Waals surface area contributed by atoms with Crippen molar-refractivity contribution < 1.29 is 9.84 Å². The van der Waals surface area contributed by atoms with Gasteiger partial charge in [0.2, 0.25) is 0 Å². The number of aliphatic hydroxyl groups is 1. The zero-order chi connectivity index (χ0) is 14.8. The summed E-state index contributed by atoms with van der Waals surface area (Å²) < 4.78 is 5.93. The standard InChI is InChI=1S/C18H30O2/c1-4-8-15(9-5-2)14-20-17-12-7-11-16(13-17)18(19)10-6-3/h7,11-13,15,18-19H,4-6,8-10,14H2,1-3H3. The second-order valence-electron chi connectivity index (χ2n) is 5.63. The lowest BCUT2D eigenvalue weighted by atomic mass is 9.99. The van der Waals surface area contributed by atoms with Crippen molar-refractivity contribution in [2.45, 2.75) is 65.4 Å². The molecule has 0 aliphatic heterocycles. The van der Waals surface area contributed by atoms with Crippen molar-refractivity contribution in [3.8, 4) is 5.75 Å². The van der Waals surface area contributed by atoms with Gasteiger partial charge in [-0.1, -0.05) is 52.2 Å². The first-order valence-electron chi connectivity index (χ1n) is 8.12. The Morgan fingerprint density at radius 3 is 2.25 bits per heavy atom. The quantitative estimate of drug-likeness (QED) is 0.644. The summed E-state index contributed by atoms with van der Waals surface area (Å²) in [6.45, 7) is 7.33. The van der Waals surface area contributed by atoms with E-state index in [1.165, 1.54) is 25.7 Å². The van der Waals surface area contributed by atoms with Gasteiger partial charge in [0.15, 0.2) is 0 Å². The molecule has 1 N–H and O–H groups in total. The van der Waals surface area contributed by atoms with Crippen LogP contribution in [0.15, 0.2) is 24.3 Å². The SMILES string of the molecule is CCCC(CCC)COc1cccc(C(O)CCC)c1. The van der Waals surface area contributed by atoms with Crippen LogP contribution in [0, 0.1) is 5.92 Å². The highest BCUT2D eigenvalue weighted by Gasteiger charge is 2.10. The molecule has 0 aliphatic carbocycles. The minimum atomic E-state index is -0.370. The van der Waals surface area contributed by atoms with Gasteiger partial charge in [0.1, 0.15) is 5.75 Å². The molecule has 0 saturated carbocycles. The van der Waals surface area contributed by atoms with E-state index >= 15 is 0 Å². The Bertz CT molecular complexity index is 356. The molecule has 1 rings (SSSR count). The van der Waals surface area contributed by atoms with Gasteiger partial charge >= 0.3 is 0 Å². The van der Waals surface area contributed by atoms with E-state index in [2.05, 4.69) is 20.8 Å². The van der Waals surface area contributed by atoms with E-state index in [9.17, 15) is 5.11 Å². The molecule has 0 spiro atoms. The molecule has 1 aromatic rings. The molecular weight excluding hydrogens is 248 g/mol. The van der Waals surface area contributed by atoms with E-state index < -0.39 is 0 Å². The fourth-order valence-corrected chi connectivity index (χ4v) is 2.59. The van der Waals surface area contributed by atoms with E-state index in [1.54, 1.807) is 0 Å². The summed E-state index contributed by atoms with van der Waals surface area (Å²) in [6, 6.07) is 7.91. The zero-order valence-electron chi connectivity index (χ0n) is 13.3. The third-order valence-electron chi connectivity index (χ3n) is 3.68. The summed E-state index contributed by atoms with van der Waals surface area (Å²) in [4.78, 5) is 0. The number of aliphatic hydroxyl groups excluding tert-OH is 1. The van der Waals surface area contributed by atoms with Crippen molar-refractivity contribution in [1.82, 2.24) is 0 Å². The molecule has 0 radical (unpaired) electrons. The van der Waals surface area contributed by atoms with Gasteiger partial charge in [-0.3, -0.25) is 0 Å². The Hall–Kier alpha value is -1.02. The van der Waals surface area contributed by atoms with Crippen molar-refractivity contribution in [2.75, 3.05) is 6.61 Å². The average molecular weight is 278 g/mol. The summed E-state index contributed by atoms with van der Waals surface area (Å²) in [7, 11) is 0. The van der Waals surface area contributed by atoms with Crippen LogP contribution in [0.1, 0.15) is 71.0 Å². The zero-order valence-corrected chi connectivity index (χ0v) is 13.3. The lowest BCUT2D eigenvalue weighted by molar-refractivity contribution is 0.165. The molecule has 0 aromatic heterocycles. The predicted molar refractivity (Wildman–Crippen MR) is 85.1 cm³/mol. The van der Waals surface area contributed by atoms with Crippen molar-refractivity contribution in [3.05, 3.63) is 29.8 Å². The van der Waals surface area contributed by atoms with Gasteiger partial charge in [-0.05, 0) is 42.9 Å². The topological polar surface area (TPSA) is 29.5 Å². The lowest BCUT2D eigenvalue weighted by Crippen LogP contribution is -2.12. The molecular formula is C18H30O2. The van der Waals surface area contributed by atoms with Crippen molar-refractivity contribution in [3.63, 3.8) is 0 Å². The third kappa shape index (κ3) is 5.96. The van der Waals surface area contributed by atoms with Crippen molar-refractivity contribution in [1.29, 1.82) is 0 Å². The monoisotopic (exact) mass is 278 g/mol. The van der Waals surface area contributed by atoms with E-state index in [0.29, 0.717) is 5.92 Å². The third-order valence-corrected chi connectivity index (χ3v) is 3.68. The molecule has 1 unspecified atom stereocenters. The van der Waals surface area contributed by atoms with E-state index in [4.69, 9.17) is 4.74 Å². The summed E-state index contributed by atoms with van der Waals surface area (Å²) >= 11 is 0. The van der Waals surface area contributed by atoms with Gasteiger partial charge in [0.05, 0.1) is 12.7 Å². The van der Waals surface area contributed by atoms with Crippen LogP contribution in [-0.4, -0.2) is 11.7 Å². The van der Waals surface area contributed by atoms with Crippen LogP contribution < -0.4 is 4.74 Å². The van der Waals surface area contributed by atoms with Gasteiger partial charge in [-0.2, -0.15) is 0 Å². The molecule has 0 bridgehead atoms. The molecule has 0 aliphatic rings. The highest BCUT2D eigenvalue weighted by Crippen LogP contribution is 2.23. The Morgan fingerprint density at radius 2 is 1.65 bits per heavy atom. The van der Waals surface area contributed by atoms with Crippen molar-refractivity contribution in [2.24, 2.45) is 5.92 Å². The maximum Gasteiger partial charge on any atom is 0.119 e. The molecule has 0 heterocycles. The Kier molecular flexibility index (Phi) is 8.36. The summed E-state index contributed by atoms with van der Waals surface area (Å²) in [5.41, 5.74) is 0.965. The normalized spacial score (nSPS) is 12.7. The maximum atomic E-state index is 10.0. The highest BCUT2D eigenvalue weighted by atomic mass is 16.5. The molecule has 1 atom stereocenters. The predicted octanol–water partition coefficient (Wildman–Crippen LogP) is 5.12. The summed E-state index contributed by atoms with van der Waals surface area (Å²) in [6.07, 6.45) is 6.30. The Balaban J connectivity index is 2.56. The first-order valence-corrected chi connectivity index (χ1v) is 8.12. The van der Waals surface area contributed by atoms with Gasteiger partial charge in [-0.15, -0.1) is 0 Å². The Labute approximate surface area is 124 Å². The van der Waals surface area contributed by atoms with Gasteiger partial charge in [0, 0.05) is 0 Å². The molecule has 0 fully saturated rings. The van der Waals surface area contributed by atoms with Crippen LogP contribution in [0.25, 0.3) is 0 Å². The molecule has 0 amide bonds. The fourth-order valence-electron chi connectivity index (χ4n) is 2.59. The van der Waals surface area contributed by atoms with Crippen LogP contribution in [0.3, 0.4) is 0 Å². The lowest BCUT2D eigenvalue weighted by Gasteiger charge is -2.17. The van der Waals surface area contributed by atoms with E-state index in [0.717, 1.165) is 30.8 Å². The van der Waals surface area contributed by atoms with Gasteiger partial charge < -0.3 is 9.84 Å². The number of rotatable bonds is 10. The average Bonchev–Trinajstić information content (AvgIpc) is 2.46. The Morgan fingerprint density at radius 1 is 1.00 bits per heavy atom. The minimum Gasteiger partial charge on any atom is -0.493 e. The maximum absolute atomic E-state index is 10.0. The number of hydrogen-bond acceptors (Lipinski definition) is 2. The van der Waals surface area contributed by atoms with E-state index in [-0.39, 0.29) is 6.10 Å². The number of hydrogen-bond donors (Lipinski definition) is 1. The highest BCUT2D eigenvalue weighted by molar-refractivity contribution is 5.29. The van der Waals surface area contributed by atoms with E-state index in [1.807, 2.05) is 24.3 Å². The molecule has 20 heavy (non-hydrogen) atoms. The summed E-state index contributed by atoms with van der Waals surface area (Å²) in [5.74, 6) is 1.53. The number of benzene rings is 1. The van der Waals surface area contributed by atoms with Crippen molar-refractivity contribution >= 4 is 0 Å². The van der Waals surface area contributed by atoms with Crippen LogP contribution >= 0.6 is 0 Å². The fraction of sp³-hybridized carbons (Fsp3) is 0.667. The van der Waals surface area contributed by atoms with Crippen LogP contribution in [0.4, 0.5) is 0 Å². The van der Waals surface area contributed by atoms with Gasteiger partial charge in [0.25, 0.3) is 0 Å². The van der Waals surface area contributed by atoms with Crippen LogP contribution in [-0.2, 0) is 0 Å². The van der Waals surface area contributed by atoms with Crippen LogP contribution in [0.5, 0.6) is 5.75 Å². The molecule has 114 valence electrons. The molecule has 0 saturated heterocycles. The largest absolute Gasteiger partial charge is 0.493 e. The minimum absolute atomic E-state index is 0.370. The molecule has 2 nitrogen and oxygen atoms in total. The second kappa shape index (κ2) is 9.82. The van der Waals surface area contributed by atoms with Gasteiger partial charge in [-0.25, -0.2) is 0 Å². The number of ether oxygens (including phenoxy) is 1. The summed E-state index contributed by atoms with van der Waals surface area (Å²) in [5, 5.41) is 10.0. The first-order chi connectivity index (χ1) is 9.71. The smallest absolute Gasteiger partial charge is 0.119 e. The van der Waals surface area contributed by atoms with Crippen LogP contribution in [0.2, 0.25) is 0 Å². The molecule has 1 aromatic carbocycles. The first kappa shape index (κ1) is 17.0.